The Kier molecular flexibility index (Phi) is 4.39. The molecule has 0 amide bonds. The van der Waals surface area contributed by atoms with Crippen LogP contribution in [0.5, 0.6) is 0 Å². The van der Waals surface area contributed by atoms with E-state index in [0.717, 1.165) is 24.4 Å². The van der Waals surface area contributed by atoms with Crippen molar-refractivity contribution in [1.82, 2.24) is 9.88 Å². The van der Waals surface area contributed by atoms with Crippen LogP contribution in [0.3, 0.4) is 0 Å². The van der Waals surface area contributed by atoms with Crippen molar-refractivity contribution in [2.75, 3.05) is 18.8 Å². The summed E-state index contributed by atoms with van der Waals surface area (Å²) in [6.07, 6.45) is 1.74. The normalized spacial score (nSPS) is 21.9. The maximum absolute atomic E-state index is 12.0. The van der Waals surface area contributed by atoms with Gasteiger partial charge in [-0.15, -0.1) is 0 Å². The molecule has 1 aliphatic rings. The van der Waals surface area contributed by atoms with Gasteiger partial charge in [-0.25, -0.2) is 4.98 Å². The smallest absolute Gasteiger partial charge is 0.209 e. The van der Waals surface area contributed by atoms with E-state index in [1.54, 1.807) is 6.20 Å². The average Bonchev–Trinajstić information content (AvgIpc) is 2.92. The Bertz CT molecular complexity index is 682. The van der Waals surface area contributed by atoms with Crippen molar-refractivity contribution >= 4 is 22.4 Å². The first kappa shape index (κ1) is 15.7. The minimum atomic E-state index is -0.761. The summed E-state index contributed by atoms with van der Waals surface area (Å²) in [4.78, 5) is 6.61. The van der Waals surface area contributed by atoms with Gasteiger partial charge in [-0.2, -0.15) is 0 Å². The molecular weight excluding hydrogens is 320 g/mol. The molecule has 4 nitrogen and oxygen atoms in total. The highest BCUT2D eigenvalue weighted by Gasteiger charge is 2.33. The van der Waals surface area contributed by atoms with Crippen molar-refractivity contribution in [3.8, 4) is 11.3 Å². The molecule has 1 aromatic heterocycles. The molecule has 6 heteroatoms. The van der Waals surface area contributed by atoms with E-state index < -0.39 is 10.8 Å². The van der Waals surface area contributed by atoms with Crippen LogP contribution in [0.25, 0.3) is 11.3 Å². The van der Waals surface area contributed by atoms with Crippen molar-refractivity contribution in [3.05, 3.63) is 41.4 Å². The Morgan fingerprint density at radius 1 is 1.36 bits per heavy atom. The summed E-state index contributed by atoms with van der Waals surface area (Å²) in [7, 11) is -0.761. The van der Waals surface area contributed by atoms with Crippen molar-refractivity contribution in [2.45, 2.75) is 25.1 Å². The Balaban J connectivity index is 1.70. The molecule has 22 heavy (non-hydrogen) atoms. The molecule has 0 aliphatic carbocycles. The zero-order chi connectivity index (χ0) is 15.7. The fourth-order valence-corrected chi connectivity index (χ4v) is 4.06. The van der Waals surface area contributed by atoms with Crippen molar-refractivity contribution in [3.63, 3.8) is 0 Å². The summed E-state index contributed by atoms with van der Waals surface area (Å²) in [5.41, 5.74) is 0.961. The van der Waals surface area contributed by atoms with Gasteiger partial charge in [0.25, 0.3) is 0 Å². The van der Waals surface area contributed by atoms with E-state index >= 15 is 0 Å². The average molecular weight is 339 g/mol. The highest BCUT2D eigenvalue weighted by Crippen LogP contribution is 2.25. The number of nitrogens with zero attached hydrogens (tertiary/aromatic N) is 2. The van der Waals surface area contributed by atoms with Crippen LogP contribution >= 0.6 is 11.6 Å². The first-order valence-electron chi connectivity index (χ1n) is 7.25. The Labute approximate surface area is 137 Å². The van der Waals surface area contributed by atoms with E-state index in [1.165, 1.54) is 0 Å². The predicted octanol–water partition coefficient (Wildman–Crippen LogP) is 3.34. The zero-order valence-corrected chi connectivity index (χ0v) is 14.3. The molecule has 1 fully saturated rings. The molecule has 2 aromatic rings. The third-order valence-electron chi connectivity index (χ3n) is 3.85. The fraction of sp³-hybridized carbons (Fsp3) is 0.438. The second-order valence-corrected chi connectivity index (χ2v) is 8.79. The number of rotatable bonds is 3. The van der Waals surface area contributed by atoms with Crippen LogP contribution in [0.15, 0.2) is 34.9 Å². The first-order chi connectivity index (χ1) is 10.4. The minimum absolute atomic E-state index is 0.177. The van der Waals surface area contributed by atoms with Gasteiger partial charge in [-0.1, -0.05) is 11.6 Å². The van der Waals surface area contributed by atoms with E-state index in [2.05, 4.69) is 9.88 Å². The zero-order valence-electron chi connectivity index (χ0n) is 12.7. The number of benzene rings is 1. The lowest BCUT2D eigenvalue weighted by molar-refractivity contribution is 0.225. The fourth-order valence-electron chi connectivity index (χ4n) is 2.64. The molecule has 118 valence electrons. The number of hydrogen-bond donors (Lipinski definition) is 0. The lowest BCUT2D eigenvalue weighted by Gasteiger charge is -2.36. The molecule has 0 saturated carbocycles. The Morgan fingerprint density at radius 2 is 2.09 bits per heavy atom. The molecular formula is C16H19ClN2O2S. The SMILES string of the molecule is CC1(C)CN(Cc2ncc(-c3ccc(Cl)cc3)o2)CCS1=O. The maximum Gasteiger partial charge on any atom is 0.209 e. The quantitative estimate of drug-likeness (QED) is 0.861. The summed E-state index contributed by atoms with van der Waals surface area (Å²) in [5, 5.41) is 0.701. The van der Waals surface area contributed by atoms with Crippen LogP contribution < -0.4 is 0 Å². The molecule has 1 aromatic carbocycles. The molecule has 0 N–H and O–H groups in total. The second-order valence-electron chi connectivity index (χ2n) is 6.15. The second kappa shape index (κ2) is 6.14. The standard InChI is InChI=1S/C16H19ClN2O2S/c1-16(2)11-19(7-8-22(16)20)10-15-18-9-14(21-15)12-3-5-13(17)6-4-12/h3-6,9H,7-8,10-11H2,1-2H3. The number of hydrogen-bond acceptors (Lipinski definition) is 4. The third kappa shape index (κ3) is 3.42. The minimum Gasteiger partial charge on any atom is -0.439 e. The van der Waals surface area contributed by atoms with Crippen LogP contribution in [-0.4, -0.2) is 37.7 Å². The Hall–Kier alpha value is -1.17. The van der Waals surface area contributed by atoms with Gasteiger partial charge < -0.3 is 4.42 Å². The van der Waals surface area contributed by atoms with Crippen LogP contribution in [0.1, 0.15) is 19.7 Å². The molecule has 1 saturated heterocycles. The van der Waals surface area contributed by atoms with Crippen LogP contribution in [0.4, 0.5) is 0 Å². The summed E-state index contributed by atoms with van der Waals surface area (Å²) < 4.78 is 17.6. The maximum atomic E-state index is 12.0. The van der Waals surface area contributed by atoms with Gasteiger partial charge >= 0.3 is 0 Å². The van der Waals surface area contributed by atoms with Gasteiger partial charge in [-0.3, -0.25) is 9.11 Å². The van der Waals surface area contributed by atoms with Crippen molar-refractivity contribution in [1.29, 1.82) is 0 Å². The van der Waals surface area contributed by atoms with Crippen molar-refractivity contribution in [2.24, 2.45) is 0 Å². The first-order valence-corrected chi connectivity index (χ1v) is 8.95. The third-order valence-corrected chi connectivity index (χ3v) is 6.02. The molecule has 2 heterocycles. The monoisotopic (exact) mass is 338 g/mol. The van der Waals surface area contributed by atoms with Gasteiger partial charge in [0, 0.05) is 40.2 Å². The van der Waals surface area contributed by atoms with E-state index in [9.17, 15) is 4.21 Å². The molecule has 0 radical (unpaired) electrons. The molecule has 0 spiro atoms. The lowest BCUT2D eigenvalue weighted by Crippen LogP contribution is -2.49. The molecule has 1 atom stereocenters. The summed E-state index contributed by atoms with van der Waals surface area (Å²) >= 11 is 5.89. The number of aromatic nitrogens is 1. The van der Waals surface area contributed by atoms with E-state index in [0.29, 0.717) is 23.2 Å². The highest BCUT2D eigenvalue weighted by molar-refractivity contribution is 7.86. The molecule has 0 bridgehead atoms. The highest BCUT2D eigenvalue weighted by atomic mass is 35.5. The van der Waals surface area contributed by atoms with Crippen molar-refractivity contribution < 1.29 is 8.63 Å². The summed E-state index contributed by atoms with van der Waals surface area (Å²) in [5.74, 6) is 2.14. The summed E-state index contributed by atoms with van der Waals surface area (Å²) in [6.45, 7) is 6.34. The number of halogens is 1. The van der Waals surface area contributed by atoms with Crippen LogP contribution in [0.2, 0.25) is 5.02 Å². The largest absolute Gasteiger partial charge is 0.439 e. The van der Waals surface area contributed by atoms with Crippen LogP contribution in [-0.2, 0) is 17.3 Å². The van der Waals surface area contributed by atoms with Gasteiger partial charge in [0.05, 0.1) is 17.5 Å². The van der Waals surface area contributed by atoms with Crippen LogP contribution in [0, 0.1) is 0 Å². The van der Waals surface area contributed by atoms with Gasteiger partial charge in [0.2, 0.25) is 5.89 Å². The van der Waals surface area contributed by atoms with Gasteiger partial charge in [0.15, 0.2) is 5.76 Å². The van der Waals surface area contributed by atoms with E-state index in [-0.39, 0.29) is 4.75 Å². The topological polar surface area (TPSA) is 46.3 Å². The van der Waals surface area contributed by atoms with E-state index in [1.807, 2.05) is 38.1 Å². The van der Waals surface area contributed by atoms with E-state index in [4.69, 9.17) is 16.0 Å². The van der Waals surface area contributed by atoms with Gasteiger partial charge in [0.1, 0.15) is 0 Å². The Morgan fingerprint density at radius 3 is 2.77 bits per heavy atom. The summed E-state index contributed by atoms with van der Waals surface area (Å²) in [6, 6.07) is 7.50. The predicted molar refractivity (Wildman–Crippen MR) is 89.3 cm³/mol. The molecule has 1 unspecified atom stereocenters. The molecule has 3 rings (SSSR count). The lowest BCUT2D eigenvalue weighted by atomic mass is 10.2. The van der Waals surface area contributed by atoms with Gasteiger partial charge in [-0.05, 0) is 38.1 Å². The molecule has 1 aliphatic heterocycles. The number of oxazole rings is 1.